The van der Waals surface area contributed by atoms with Crippen molar-refractivity contribution in [3.63, 3.8) is 0 Å². The molecule has 0 aliphatic heterocycles. The Morgan fingerprint density at radius 2 is 1.89 bits per heavy atom. The summed E-state index contributed by atoms with van der Waals surface area (Å²) in [4.78, 5) is 34.9. The van der Waals surface area contributed by atoms with Crippen LogP contribution in [-0.4, -0.2) is 22.6 Å². The second-order valence-electron chi connectivity index (χ2n) is 4.80. The van der Waals surface area contributed by atoms with Crippen LogP contribution in [0.5, 0.6) is 0 Å². The Hall–Kier alpha value is -1.97. The van der Waals surface area contributed by atoms with Gasteiger partial charge in [-0.05, 0) is 18.9 Å². The van der Waals surface area contributed by atoms with E-state index in [-0.39, 0.29) is 6.42 Å². The molecule has 1 aliphatic rings. The van der Waals surface area contributed by atoms with Gasteiger partial charge in [0.2, 0.25) is 0 Å². The largest absolute Gasteiger partial charge is 0.480 e. The molecule has 0 amide bonds. The van der Waals surface area contributed by atoms with Gasteiger partial charge in [0.1, 0.15) is 0 Å². The first-order valence-electron chi connectivity index (χ1n) is 5.82. The van der Waals surface area contributed by atoms with Gasteiger partial charge in [0.15, 0.2) is 17.5 Å². The molecule has 18 heavy (non-hydrogen) atoms. The maximum Gasteiger partial charge on any atom is 0.321 e. The molecule has 1 saturated carbocycles. The molecule has 0 radical (unpaired) electrons. The van der Waals surface area contributed by atoms with E-state index in [2.05, 4.69) is 0 Å². The van der Waals surface area contributed by atoms with Gasteiger partial charge in [-0.3, -0.25) is 14.4 Å². The Morgan fingerprint density at radius 3 is 2.44 bits per heavy atom. The predicted octanol–water partition coefficient (Wildman–Crippen LogP) is 1.58. The van der Waals surface area contributed by atoms with Crippen LogP contribution in [0.15, 0.2) is 30.3 Å². The van der Waals surface area contributed by atoms with Gasteiger partial charge in [0.25, 0.3) is 0 Å². The van der Waals surface area contributed by atoms with Crippen molar-refractivity contribution in [2.45, 2.75) is 25.2 Å². The third-order valence-electron chi connectivity index (χ3n) is 3.66. The molecule has 0 spiro atoms. The van der Waals surface area contributed by atoms with Crippen molar-refractivity contribution in [3.8, 4) is 0 Å². The first-order chi connectivity index (χ1) is 8.47. The number of rotatable bonds is 2. The average molecular weight is 246 g/mol. The predicted molar refractivity (Wildman–Crippen MR) is 64.2 cm³/mol. The first-order valence-corrected chi connectivity index (χ1v) is 5.82. The normalized spacial score (nSPS) is 28.2. The molecular formula is C14H14O4. The molecule has 0 aromatic heterocycles. The van der Waals surface area contributed by atoms with Crippen LogP contribution in [0.2, 0.25) is 0 Å². The topological polar surface area (TPSA) is 71.4 Å². The van der Waals surface area contributed by atoms with Crippen LogP contribution in [0.25, 0.3) is 0 Å². The van der Waals surface area contributed by atoms with Crippen LogP contribution < -0.4 is 0 Å². The van der Waals surface area contributed by atoms with Crippen LogP contribution >= 0.6 is 0 Å². The van der Waals surface area contributed by atoms with E-state index < -0.39 is 28.9 Å². The number of ketones is 2. The molecule has 0 heterocycles. The zero-order valence-electron chi connectivity index (χ0n) is 10.1. The summed E-state index contributed by atoms with van der Waals surface area (Å²) in [5, 5.41) is 9.02. The monoisotopic (exact) mass is 246 g/mol. The number of Topliss-reactive ketones (excluding diaryl/α,β-unsaturated/α-hetero) is 2. The lowest BCUT2D eigenvalue weighted by Gasteiger charge is -2.34. The Balaban J connectivity index is 2.43. The van der Waals surface area contributed by atoms with Crippen molar-refractivity contribution in [3.05, 3.63) is 35.9 Å². The second-order valence-corrected chi connectivity index (χ2v) is 4.80. The summed E-state index contributed by atoms with van der Waals surface area (Å²) < 4.78 is 0. The van der Waals surface area contributed by atoms with Crippen molar-refractivity contribution >= 4 is 17.5 Å². The quantitative estimate of drug-likeness (QED) is 0.804. The summed E-state index contributed by atoms with van der Waals surface area (Å²) >= 11 is 0. The number of carboxylic acids is 1. The van der Waals surface area contributed by atoms with E-state index in [0.717, 1.165) is 5.56 Å². The van der Waals surface area contributed by atoms with Gasteiger partial charge in [-0.25, -0.2) is 0 Å². The highest BCUT2D eigenvalue weighted by atomic mass is 16.4. The lowest BCUT2D eigenvalue weighted by atomic mass is 9.65. The summed E-state index contributed by atoms with van der Waals surface area (Å²) in [6.45, 7) is 1.72. The zero-order chi connectivity index (χ0) is 13.3. The molecule has 2 rings (SSSR count). The number of hydrogen-bond donors (Lipinski definition) is 1. The van der Waals surface area contributed by atoms with Crippen molar-refractivity contribution in [1.29, 1.82) is 0 Å². The Labute approximate surface area is 105 Å². The van der Waals surface area contributed by atoms with Gasteiger partial charge >= 0.3 is 5.97 Å². The highest BCUT2D eigenvalue weighted by Crippen LogP contribution is 2.37. The molecule has 0 bridgehead atoms. The number of aliphatic carboxylic acids is 1. The van der Waals surface area contributed by atoms with Gasteiger partial charge in [-0.15, -0.1) is 0 Å². The molecular weight excluding hydrogens is 232 g/mol. The Kier molecular flexibility index (Phi) is 3.03. The third-order valence-corrected chi connectivity index (χ3v) is 3.66. The molecule has 1 aromatic rings. The standard InChI is InChI=1S/C14H14O4/c1-14(9-5-3-2-4-6-9)8-7-10(15)11(12(14)16)13(17)18/h2-6,11H,7-8H2,1H3,(H,17,18). The van der Waals surface area contributed by atoms with E-state index in [4.69, 9.17) is 5.11 Å². The van der Waals surface area contributed by atoms with Crippen molar-refractivity contribution < 1.29 is 19.5 Å². The summed E-state index contributed by atoms with van der Waals surface area (Å²) in [5.74, 6) is -3.84. The molecule has 1 fully saturated rings. The van der Waals surface area contributed by atoms with Gasteiger partial charge < -0.3 is 5.11 Å². The lowest BCUT2D eigenvalue weighted by molar-refractivity contribution is -0.154. The minimum atomic E-state index is -1.51. The van der Waals surface area contributed by atoms with Gasteiger partial charge in [0, 0.05) is 6.42 Å². The molecule has 1 N–H and O–H groups in total. The summed E-state index contributed by atoms with van der Waals surface area (Å²) in [6, 6.07) is 9.04. The van der Waals surface area contributed by atoms with Crippen LogP contribution in [-0.2, 0) is 19.8 Å². The SMILES string of the molecule is CC1(c2ccccc2)CCC(=O)C(C(=O)O)C1=O. The highest BCUT2D eigenvalue weighted by molar-refractivity contribution is 6.21. The number of hydrogen-bond acceptors (Lipinski definition) is 3. The molecule has 0 saturated heterocycles. The van der Waals surface area contributed by atoms with E-state index >= 15 is 0 Å². The molecule has 2 unspecified atom stereocenters. The zero-order valence-corrected chi connectivity index (χ0v) is 10.1. The van der Waals surface area contributed by atoms with E-state index in [1.165, 1.54) is 0 Å². The summed E-state index contributed by atoms with van der Waals surface area (Å²) in [6.07, 6.45) is 0.507. The first kappa shape index (κ1) is 12.5. The molecule has 1 aliphatic carbocycles. The minimum Gasteiger partial charge on any atom is -0.480 e. The van der Waals surface area contributed by atoms with E-state index in [1.807, 2.05) is 6.07 Å². The fraction of sp³-hybridized carbons (Fsp3) is 0.357. The van der Waals surface area contributed by atoms with E-state index in [9.17, 15) is 14.4 Å². The Morgan fingerprint density at radius 1 is 1.28 bits per heavy atom. The molecule has 2 atom stereocenters. The Bertz CT molecular complexity index is 506. The van der Waals surface area contributed by atoms with Crippen molar-refractivity contribution in [2.24, 2.45) is 5.92 Å². The fourth-order valence-electron chi connectivity index (χ4n) is 2.45. The fourth-order valence-corrected chi connectivity index (χ4v) is 2.45. The van der Waals surface area contributed by atoms with Gasteiger partial charge in [-0.2, -0.15) is 0 Å². The average Bonchev–Trinajstić information content (AvgIpc) is 2.35. The van der Waals surface area contributed by atoms with Gasteiger partial charge in [-0.1, -0.05) is 30.3 Å². The number of benzene rings is 1. The summed E-state index contributed by atoms with van der Waals surface area (Å²) in [7, 11) is 0. The molecule has 4 nitrogen and oxygen atoms in total. The second kappa shape index (κ2) is 4.37. The van der Waals surface area contributed by atoms with Crippen molar-refractivity contribution in [2.75, 3.05) is 0 Å². The van der Waals surface area contributed by atoms with E-state index in [1.54, 1.807) is 31.2 Å². The maximum atomic E-state index is 12.3. The number of carboxylic acid groups (broad SMARTS) is 1. The molecule has 94 valence electrons. The van der Waals surface area contributed by atoms with Crippen LogP contribution in [0.1, 0.15) is 25.3 Å². The summed E-state index contributed by atoms with van der Waals surface area (Å²) in [5.41, 5.74) is -0.105. The smallest absolute Gasteiger partial charge is 0.321 e. The van der Waals surface area contributed by atoms with E-state index in [0.29, 0.717) is 6.42 Å². The minimum absolute atomic E-state index is 0.133. The van der Waals surface area contributed by atoms with Crippen LogP contribution in [0, 0.1) is 5.92 Å². The van der Waals surface area contributed by atoms with Crippen LogP contribution in [0.3, 0.4) is 0 Å². The molecule has 1 aromatic carbocycles. The number of carbonyl (C=O) groups is 3. The maximum absolute atomic E-state index is 12.3. The molecule has 4 heteroatoms. The number of carbonyl (C=O) groups excluding carboxylic acids is 2. The lowest BCUT2D eigenvalue weighted by Crippen LogP contribution is -2.48. The highest BCUT2D eigenvalue weighted by Gasteiger charge is 2.49. The van der Waals surface area contributed by atoms with Gasteiger partial charge in [0.05, 0.1) is 5.41 Å². The third kappa shape index (κ3) is 1.83. The van der Waals surface area contributed by atoms with Crippen molar-refractivity contribution in [1.82, 2.24) is 0 Å². The van der Waals surface area contributed by atoms with Crippen LogP contribution in [0.4, 0.5) is 0 Å².